The van der Waals surface area contributed by atoms with Gasteiger partial charge in [0.25, 0.3) is 0 Å². The number of aromatic nitrogens is 4. The molecule has 0 spiro atoms. The van der Waals surface area contributed by atoms with Gasteiger partial charge in [-0.05, 0) is 43.5 Å². The van der Waals surface area contributed by atoms with Gasteiger partial charge in [0, 0.05) is 6.61 Å². The Hall–Kier alpha value is -3.26. The first kappa shape index (κ1) is 43.5. The fourth-order valence-electron chi connectivity index (χ4n) is 6.68. The summed E-state index contributed by atoms with van der Waals surface area (Å²) in [7, 11) is -2.34. The van der Waals surface area contributed by atoms with Crippen LogP contribution in [0, 0.1) is 22.7 Å². The fraction of sp³-hybridized carbons (Fsp3) is 0.675. The van der Waals surface area contributed by atoms with Crippen molar-refractivity contribution in [2.75, 3.05) is 32.2 Å². The molecule has 14 heteroatoms. The van der Waals surface area contributed by atoms with Crippen LogP contribution in [0.3, 0.4) is 0 Å². The number of hydrogen-bond acceptors (Lipinski definition) is 12. The first-order valence-corrected chi connectivity index (χ1v) is 21.1. The molecule has 4 atom stereocenters. The number of pyridine rings is 1. The summed E-state index contributed by atoms with van der Waals surface area (Å²) in [6.07, 6.45) is 22.4. The number of rotatable bonds is 29. The third-order valence-corrected chi connectivity index (χ3v) is 10.6. The van der Waals surface area contributed by atoms with Crippen molar-refractivity contribution in [2.45, 2.75) is 147 Å². The molecule has 4 rings (SSSR count). The number of nitriles is 2. The highest BCUT2D eigenvalue weighted by Crippen LogP contribution is 2.43. The normalized spacial score (nSPS) is 18.1. The molecule has 0 radical (unpaired) electrons. The minimum absolute atomic E-state index is 0.000585. The number of fused-ring (bicyclic) bond motifs is 1. The number of nitrogen functional groups attached to an aromatic ring is 1. The van der Waals surface area contributed by atoms with Crippen molar-refractivity contribution >= 4 is 19.9 Å². The summed E-state index contributed by atoms with van der Waals surface area (Å²) in [6.45, 7) is 3.10. The molecular formula is C40H60N7O6P. The van der Waals surface area contributed by atoms with Crippen LogP contribution < -0.4 is 5.73 Å². The molecular weight excluding hydrogens is 705 g/mol. The van der Waals surface area contributed by atoms with Crippen molar-refractivity contribution in [2.24, 2.45) is 0 Å². The number of unbranched alkanes of at least 4 members (excludes halogenated alkanes) is 15. The molecule has 0 aromatic carbocycles. The summed E-state index contributed by atoms with van der Waals surface area (Å²) >= 11 is 0. The monoisotopic (exact) mass is 765 g/mol. The van der Waals surface area contributed by atoms with E-state index in [2.05, 4.69) is 28.1 Å². The summed E-state index contributed by atoms with van der Waals surface area (Å²) in [5.74, 6) is 0.354. The predicted octanol–water partition coefficient (Wildman–Crippen LogP) is 8.81. The van der Waals surface area contributed by atoms with E-state index in [0.717, 1.165) is 18.5 Å². The standard InChI is InChI=1S/C40H60N7O6P/c1-2-3-4-5-6-7-8-9-10-11-12-13-14-15-16-17-25-49-28-35(50-27-34-20-18-19-33(26-41)46-34)29-51-54(48)52-31-40(30-42)24-23-38(53-40)36-21-22-37-39(43)44-32-45-47(36)37/h18-22,32,35,38,48H,2-17,23-25,27-29,31H2,1H3,(H2,43,44,45). The SMILES string of the molecule is CCCCCCCCCCCCCCCCCCOCC(COP(O)OCC1(C#N)CCC(c2ccc3c(N)ncnn23)O1)OCc1cccc(C#N)n1. The van der Waals surface area contributed by atoms with Crippen LogP contribution in [0.1, 0.15) is 146 Å². The van der Waals surface area contributed by atoms with Crippen molar-refractivity contribution in [3.05, 3.63) is 53.7 Å². The zero-order chi connectivity index (χ0) is 38.3. The molecule has 3 aromatic rings. The second-order valence-electron chi connectivity index (χ2n) is 14.2. The van der Waals surface area contributed by atoms with Crippen molar-refractivity contribution in [1.29, 1.82) is 10.5 Å². The molecule has 0 amide bonds. The molecule has 1 saturated heterocycles. The Balaban J connectivity index is 1.12. The zero-order valence-corrected chi connectivity index (χ0v) is 33.0. The Bertz CT molecular complexity index is 1580. The van der Waals surface area contributed by atoms with Crippen LogP contribution in [-0.2, 0) is 29.9 Å². The van der Waals surface area contributed by atoms with Crippen LogP contribution in [0.4, 0.5) is 5.82 Å². The average molecular weight is 766 g/mol. The van der Waals surface area contributed by atoms with Gasteiger partial charge in [-0.1, -0.05) is 109 Å². The molecule has 4 heterocycles. The van der Waals surface area contributed by atoms with Gasteiger partial charge in [0.15, 0.2) is 11.4 Å². The minimum Gasteiger partial charge on any atom is -0.382 e. The molecule has 54 heavy (non-hydrogen) atoms. The molecule has 3 aromatic heterocycles. The molecule has 296 valence electrons. The fourth-order valence-corrected chi connectivity index (χ4v) is 7.37. The number of hydrogen-bond donors (Lipinski definition) is 2. The maximum Gasteiger partial charge on any atom is 0.330 e. The highest BCUT2D eigenvalue weighted by Gasteiger charge is 2.43. The summed E-state index contributed by atoms with van der Waals surface area (Å²) < 4.78 is 31.2. The van der Waals surface area contributed by atoms with Crippen molar-refractivity contribution < 1.29 is 28.2 Å². The van der Waals surface area contributed by atoms with E-state index in [1.807, 2.05) is 18.2 Å². The van der Waals surface area contributed by atoms with E-state index < -0.39 is 26.4 Å². The third-order valence-electron chi connectivity index (χ3n) is 9.84. The number of nitrogens with zero attached hydrogens (tertiary/aromatic N) is 6. The van der Waals surface area contributed by atoms with E-state index in [0.29, 0.717) is 42.2 Å². The Morgan fingerprint density at radius 2 is 1.63 bits per heavy atom. The molecule has 1 fully saturated rings. The number of nitrogens with two attached hydrogens (primary N) is 1. The Morgan fingerprint density at radius 3 is 2.30 bits per heavy atom. The summed E-state index contributed by atoms with van der Waals surface area (Å²) in [6, 6.07) is 13.1. The van der Waals surface area contributed by atoms with Crippen LogP contribution in [0.5, 0.6) is 0 Å². The van der Waals surface area contributed by atoms with Gasteiger partial charge in [0.1, 0.15) is 41.9 Å². The quantitative estimate of drug-likeness (QED) is 0.0507. The summed E-state index contributed by atoms with van der Waals surface area (Å²) in [4.78, 5) is 19.0. The largest absolute Gasteiger partial charge is 0.382 e. The smallest absolute Gasteiger partial charge is 0.330 e. The molecule has 13 nitrogen and oxygen atoms in total. The molecule has 0 bridgehead atoms. The molecule has 1 aliphatic rings. The van der Waals surface area contributed by atoms with Gasteiger partial charge in [0.05, 0.1) is 37.8 Å². The predicted molar refractivity (Wildman–Crippen MR) is 208 cm³/mol. The van der Waals surface area contributed by atoms with Gasteiger partial charge in [-0.2, -0.15) is 15.6 Å². The lowest BCUT2D eigenvalue weighted by molar-refractivity contribution is -0.0545. The van der Waals surface area contributed by atoms with Crippen molar-refractivity contribution in [3.63, 3.8) is 0 Å². The molecule has 3 N–H and O–H groups in total. The summed E-state index contributed by atoms with van der Waals surface area (Å²) in [5, 5.41) is 23.5. The minimum atomic E-state index is -2.34. The van der Waals surface area contributed by atoms with Crippen LogP contribution in [0.2, 0.25) is 0 Å². The molecule has 0 aliphatic carbocycles. The lowest BCUT2D eigenvalue weighted by atomic mass is 10.0. The highest BCUT2D eigenvalue weighted by molar-refractivity contribution is 7.40. The van der Waals surface area contributed by atoms with Crippen LogP contribution >= 0.6 is 8.60 Å². The Labute approximate surface area is 322 Å². The lowest BCUT2D eigenvalue weighted by Crippen LogP contribution is -2.32. The Morgan fingerprint density at radius 1 is 0.944 bits per heavy atom. The topological polar surface area (TPSA) is 183 Å². The number of anilines is 1. The first-order chi connectivity index (χ1) is 26.5. The van der Waals surface area contributed by atoms with Crippen LogP contribution in [0.25, 0.3) is 5.52 Å². The van der Waals surface area contributed by atoms with Gasteiger partial charge in [-0.15, -0.1) is 0 Å². The van der Waals surface area contributed by atoms with E-state index in [4.69, 9.17) is 29.0 Å². The third kappa shape index (κ3) is 15.1. The van der Waals surface area contributed by atoms with Gasteiger partial charge in [0.2, 0.25) is 0 Å². The lowest BCUT2D eigenvalue weighted by Gasteiger charge is -2.24. The van der Waals surface area contributed by atoms with Crippen LogP contribution in [0.15, 0.2) is 36.7 Å². The second-order valence-corrected chi connectivity index (χ2v) is 15.2. The van der Waals surface area contributed by atoms with E-state index in [1.165, 1.54) is 96.2 Å². The maximum atomic E-state index is 10.6. The average Bonchev–Trinajstić information content (AvgIpc) is 3.83. The number of ether oxygens (including phenoxy) is 3. The molecule has 4 unspecified atom stereocenters. The van der Waals surface area contributed by atoms with Gasteiger partial charge in [-0.25, -0.2) is 14.5 Å². The molecule has 1 aliphatic heterocycles. The van der Waals surface area contributed by atoms with E-state index in [9.17, 15) is 15.4 Å². The highest BCUT2D eigenvalue weighted by atomic mass is 31.2. The second kappa shape index (κ2) is 25.0. The maximum absolute atomic E-state index is 10.6. The first-order valence-electron chi connectivity index (χ1n) is 19.9. The zero-order valence-electron chi connectivity index (χ0n) is 32.1. The van der Waals surface area contributed by atoms with Gasteiger partial charge in [-0.3, -0.25) is 0 Å². The molecule has 0 saturated carbocycles. The van der Waals surface area contributed by atoms with E-state index >= 15 is 0 Å². The van der Waals surface area contributed by atoms with Gasteiger partial charge < -0.3 is 33.9 Å². The van der Waals surface area contributed by atoms with Crippen molar-refractivity contribution in [3.8, 4) is 12.1 Å². The van der Waals surface area contributed by atoms with E-state index in [-0.39, 0.29) is 26.4 Å². The van der Waals surface area contributed by atoms with Crippen LogP contribution in [-0.4, -0.2) is 62.6 Å². The van der Waals surface area contributed by atoms with Gasteiger partial charge >= 0.3 is 8.60 Å². The van der Waals surface area contributed by atoms with E-state index in [1.54, 1.807) is 22.7 Å². The Kier molecular flexibility index (Phi) is 20.1. The van der Waals surface area contributed by atoms with Crippen molar-refractivity contribution in [1.82, 2.24) is 19.6 Å². The summed E-state index contributed by atoms with van der Waals surface area (Å²) in [5.41, 5.74) is 7.04.